The number of nitrogens with one attached hydrogen (secondary N) is 1. The summed E-state index contributed by atoms with van der Waals surface area (Å²) in [5.74, 6) is 0.857. The predicted octanol–water partition coefficient (Wildman–Crippen LogP) is 3.54. The first-order chi connectivity index (χ1) is 8.70. The summed E-state index contributed by atoms with van der Waals surface area (Å²) in [6.07, 6.45) is 3.63. The Morgan fingerprint density at radius 3 is 2.83 bits per heavy atom. The minimum atomic E-state index is 0.520. The number of H-pyrrole nitrogens is 1. The van der Waals surface area contributed by atoms with Crippen LogP contribution in [0.25, 0.3) is 0 Å². The molecule has 0 saturated carbocycles. The van der Waals surface area contributed by atoms with E-state index in [1.54, 1.807) is 10.9 Å². The molecule has 0 atom stereocenters. The molecule has 18 heavy (non-hydrogen) atoms. The molecule has 0 aliphatic carbocycles. The number of nitrogens with zero attached hydrogens (tertiary/aromatic N) is 3. The van der Waals surface area contributed by atoms with Crippen molar-refractivity contribution in [2.24, 2.45) is 5.10 Å². The largest absolute Gasteiger partial charge is 0.250 e. The average molecular weight is 325 g/mol. The summed E-state index contributed by atoms with van der Waals surface area (Å²) in [7, 11) is 0. The van der Waals surface area contributed by atoms with Crippen molar-refractivity contribution in [2.45, 2.75) is 19.8 Å². The van der Waals surface area contributed by atoms with Crippen LogP contribution in [-0.4, -0.2) is 21.1 Å². The summed E-state index contributed by atoms with van der Waals surface area (Å²) in [5, 5.41) is 11.3. The van der Waals surface area contributed by atoms with Gasteiger partial charge in [0.15, 0.2) is 5.82 Å². The van der Waals surface area contributed by atoms with E-state index in [2.05, 4.69) is 38.2 Å². The molecule has 0 amide bonds. The monoisotopic (exact) mass is 324 g/mol. The minimum Gasteiger partial charge on any atom is -0.250 e. The van der Waals surface area contributed by atoms with Crippen LogP contribution in [0.3, 0.4) is 0 Å². The van der Waals surface area contributed by atoms with Gasteiger partial charge in [-0.15, -0.1) is 0 Å². The van der Waals surface area contributed by atoms with Crippen molar-refractivity contribution in [3.63, 3.8) is 0 Å². The third kappa shape index (κ3) is 3.14. The Balaban J connectivity index is 2.25. The van der Waals surface area contributed by atoms with E-state index in [1.807, 2.05) is 24.3 Å². The van der Waals surface area contributed by atoms with Crippen molar-refractivity contribution >= 4 is 34.4 Å². The van der Waals surface area contributed by atoms with Crippen LogP contribution in [0.4, 0.5) is 0 Å². The normalized spacial score (nSPS) is 11.2. The molecule has 1 aromatic carbocycles. The Hall–Kier alpha value is -1.27. The smallest absolute Gasteiger partial charge is 0.216 e. The molecule has 1 heterocycles. The Bertz CT molecular complexity index is 597. The van der Waals surface area contributed by atoms with Gasteiger partial charge in [-0.3, -0.25) is 5.10 Å². The van der Waals surface area contributed by atoms with Gasteiger partial charge in [-0.05, 0) is 36.3 Å². The van der Waals surface area contributed by atoms with E-state index >= 15 is 0 Å². The highest BCUT2D eigenvalue weighted by atomic mass is 79.9. The molecule has 0 saturated heterocycles. The Morgan fingerprint density at radius 2 is 2.17 bits per heavy atom. The lowest BCUT2D eigenvalue weighted by Gasteiger charge is -1.98. The molecule has 1 N–H and O–H groups in total. The first-order valence-electron chi connectivity index (χ1n) is 5.67. The zero-order valence-electron chi connectivity index (χ0n) is 9.93. The quantitative estimate of drug-likeness (QED) is 0.690. The maximum atomic E-state index is 5.15. The second kappa shape index (κ2) is 6.06. The standard InChI is InChI=1S/C12H13BrN4S/c1-2-3-11-15-16-12(18)17(11)14-8-9-4-6-10(13)7-5-9/h4-8H,2-3H2,1H3,(H,16,18)/b14-8+. The van der Waals surface area contributed by atoms with Gasteiger partial charge in [0, 0.05) is 10.9 Å². The van der Waals surface area contributed by atoms with E-state index in [9.17, 15) is 0 Å². The van der Waals surface area contributed by atoms with Crippen molar-refractivity contribution in [3.8, 4) is 0 Å². The third-order valence-corrected chi connectivity index (χ3v) is 3.18. The predicted molar refractivity (Wildman–Crippen MR) is 78.5 cm³/mol. The van der Waals surface area contributed by atoms with Gasteiger partial charge < -0.3 is 0 Å². The fourth-order valence-electron chi connectivity index (χ4n) is 1.50. The fourth-order valence-corrected chi connectivity index (χ4v) is 1.96. The molecule has 4 nitrogen and oxygen atoms in total. The second-order valence-electron chi connectivity index (χ2n) is 3.80. The zero-order chi connectivity index (χ0) is 13.0. The number of hydrogen-bond acceptors (Lipinski definition) is 3. The summed E-state index contributed by atoms with van der Waals surface area (Å²) in [6, 6.07) is 7.92. The molecule has 94 valence electrons. The maximum Gasteiger partial charge on any atom is 0.216 e. The Kier molecular flexibility index (Phi) is 4.43. The van der Waals surface area contributed by atoms with Crippen LogP contribution in [-0.2, 0) is 6.42 Å². The maximum absolute atomic E-state index is 5.15. The van der Waals surface area contributed by atoms with Crippen LogP contribution in [0, 0.1) is 4.77 Å². The summed E-state index contributed by atoms with van der Waals surface area (Å²) in [4.78, 5) is 0. The van der Waals surface area contributed by atoms with Crippen molar-refractivity contribution < 1.29 is 0 Å². The van der Waals surface area contributed by atoms with Gasteiger partial charge in [-0.2, -0.15) is 14.9 Å². The van der Waals surface area contributed by atoms with Gasteiger partial charge in [0.05, 0.1) is 6.21 Å². The van der Waals surface area contributed by atoms with Crippen molar-refractivity contribution in [1.82, 2.24) is 14.9 Å². The Morgan fingerprint density at radius 1 is 1.44 bits per heavy atom. The Labute approximate surface area is 119 Å². The topological polar surface area (TPSA) is 46.0 Å². The number of aromatic amines is 1. The van der Waals surface area contributed by atoms with Gasteiger partial charge in [-0.25, -0.2) is 0 Å². The molecule has 0 aliphatic heterocycles. The van der Waals surface area contributed by atoms with Crippen LogP contribution in [0.2, 0.25) is 0 Å². The number of halogens is 1. The van der Waals surface area contributed by atoms with Crippen LogP contribution < -0.4 is 0 Å². The highest BCUT2D eigenvalue weighted by Gasteiger charge is 2.02. The average Bonchev–Trinajstić information content (AvgIpc) is 2.71. The molecule has 0 radical (unpaired) electrons. The molecule has 0 unspecified atom stereocenters. The van der Waals surface area contributed by atoms with Crippen molar-refractivity contribution in [1.29, 1.82) is 0 Å². The summed E-state index contributed by atoms with van der Waals surface area (Å²) in [5.41, 5.74) is 1.02. The number of benzene rings is 1. The van der Waals surface area contributed by atoms with Crippen LogP contribution in [0.15, 0.2) is 33.8 Å². The van der Waals surface area contributed by atoms with Gasteiger partial charge in [0.1, 0.15) is 0 Å². The van der Waals surface area contributed by atoms with E-state index in [-0.39, 0.29) is 0 Å². The van der Waals surface area contributed by atoms with Gasteiger partial charge >= 0.3 is 0 Å². The summed E-state index contributed by atoms with van der Waals surface area (Å²) >= 11 is 8.54. The summed E-state index contributed by atoms with van der Waals surface area (Å²) < 4.78 is 3.24. The molecule has 2 aromatic rings. The van der Waals surface area contributed by atoms with E-state index in [0.717, 1.165) is 28.7 Å². The molecule has 0 bridgehead atoms. The lowest BCUT2D eigenvalue weighted by atomic mass is 10.2. The molecular weight excluding hydrogens is 312 g/mol. The van der Waals surface area contributed by atoms with Gasteiger partial charge in [0.25, 0.3) is 0 Å². The number of hydrogen-bond donors (Lipinski definition) is 1. The third-order valence-electron chi connectivity index (χ3n) is 2.38. The van der Waals surface area contributed by atoms with Crippen LogP contribution in [0.1, 0.15) is 24.7 Å². The van der Waals surface area contributed by atoms with Gasteiger partial charge in [0.2, 0.25) is 4.77 Å². The first-order valence-corrected chi connectivity index (χ1v) is 6.87. The fraction of sp³-hybridized carbons (Fsp3) is 0.250. The molecule has 0 aliphatic rings. The first kappa shape index (κ1) is 13.2. The molecular formula is C12H13BrN4S. The van der Waals surface area contributed by atoms with E-state index in [4.69, 9.17) is 12.2 Å². The number of rotatable bonds is 4. The minimum absolute atomic E-state index is 0.520. The highest BCUT2D eigenvalue weighted by molar-refractivity contribution is 9.10. The lowest BCUT2D eigenvalue weighted by molar-refractivity contribution is 0.740. The zero-order valence-corrected chi connectivity index (χ0v) is 12.3. The van der Waals surface area contributed by atoms with E-state index in [0.29, 0.717) is 4.77 Å². The van der Waals surface area contributed by atoms with E-state index in [1.165, 1.54) is 0 Å². The van der Waals surface area contributed by atoms with Crippen molar-refractivity contribution in [2.75, 3.05) is 0 Å². The molecule has 6 heteroatoms. The molecule has 0 fully saturated rings. The number of aromatic nitrogens is 3. The molecule has 1 aromatic heterocycles. The molecule has 0 spiro atoms. The second-order valence-corrected chi connectivity index (χ2v) is 5.11. The highest BCUT2D eigenvalue weighted by Crippen LogP contribution is 2.09. The van der Waals surface area contributed by atoms with Crippen molar-refractivity contribution in [3.05, 3.63) is 44.9 Å². The van der Waals surface area contributed by atoms with Crippen LogP contribution >= 0.6 is 28.1 Å². The van der Waals surface area contributed by atoms with E-state index < -0.39 is 0 Å². The number of aryl methyl sites for hydroxylation is 1. The summed E-state index contributed by atoms with van der Waals surface area (Å²) in [6.45, 7) is 2.10. The SMILES string of the molecule is CCCc1n[nH]c(=S)n1/N=C/c1ccc(Br)cc1. The molecule has 2 rings (SSSR count). The van der Waals surface area contributed by atoms with Gasteiger partial charge in [-0.1, -0.05) is 35.0 Å². The lowest BCUT2D eigenvalue weighted by Crippen LogP contribution is -1.98. The van der Waals surface area contributed by atoms with Crippen LogP contribution in [0.5, 0.6) is 0 Å².